The summed E-state index contributed by atoms with van der Waals surface area (Å²) in [4.78, 5) is 12.9. The van der Waals surface area contributed by atoms with E-state index in [4.69, 9.17) is 24.4 Å². The number of nitriles is 1. The molecule has 2 heterocycles. The number of nitrogens with zero attached hydrogens (tertiary/aromatic N) is 1. The lowest BCUT2D eigenvalue weighted by Crippen LogP contribution is -2.26. The molecule has 0 bridgehead atoms. The van der Waals surface area contributed by atoms with E-state index in [2.05, 4.69) is 6.07 Å². The molecule has 7 nitrogen and oxygen atoms in total. The fraction of sp³-hybridized carbons (Fsp3) is 0.143. The summed E-state index contributed by atoms with van der Waals surface area (Å²) in [6.07, 6.45) is 0. The lowest BCUT2D eigenvalue weighted by molar-refractivity contribution is 0.384. The minimum atomic E-state index is -0.779. The molecule has 140 valence electrons. The zero-order valence-corrected chi connectivity index (χ0v) is 15.2. The number of ether oxygens (including phenoxy) is 3. The molecule has 2 N–H and O–H groups in total. The molecule has 1 atom stereocenters. The number of allylic oxidation sites excluding steroid dienone is 1. The third-order valence-corrected chi connectivity index (χ3v) is 4.68. The molecule has 28 heavy (non-hydrogen) atoms. The predicted molar refractivity (Wildman–Crippen MR) is 101 cm³/mol. The van der Waals surface area contributed by atoms with Gasteiger partial charge in [0.2, 0.25) is 5.88 Å². The van der Waals surface area contributed by atoms with Crippen molar-refractivity contribution < 1.29 is 18.6 Å². The number of benzene rings is 2. The molecule has 2 aromatic carbocycles. The Kier molecular flexibility index (Phi) is 4.17. The van der Waals surface area contributed by atoms with E-state index in [-0.39, 0.29) is 22.8 Å². The van der Waals surface area contributed by atoms with E-state index in [1.165, 1.54) is 14.2 Å². The highest BCUT2D eigenvalue weighted by molar-refractivity contribution is 5.86. The third-order valence-electron chi connectivity index (χ3n) is 4.68. The van der Waals surface area contributed by atoms with Crippen LogP contribution in [0.25, 0.3) is 11.0 Å². The lowest BCUT2D eigenvalue weighted by Gasteiger charge is -2.26. The summed E-state index contributed by atoms with van der Waals surface area (Å²) in [5.74, 6) is 0.484. The molecule has 0 aliphatic carbocycles. The van der Waals surface area contributed by atoms with Gasteiger partial charge in [0.15, 0.2) is 5.75 Å². The number of nitrogens with two attached hydrogens (primary N) is 1. The normalized spacial score (nSPS) is 15.5. The van der Waals surface area contributed by atoms with Crippen molar-refractivity contribution in [2.24, 2.45) is 5.73 Å². The Morgan fingerprint density at radius 2 is 1.79 bits per heavy atom. The van der Waals surface area contributed by atoms with Gasteiger partial charge in [-0.05, 0) is 29.8 Å². The van der Waals surface area contributed by atoms with E-state index in [1.807, 2.05) is 0 Å². The van der Waals surface area contributed by atoms with Gasteiger partial charge in [0.05, 0.1) is 31.1 Å². The number of hydrogen-bond acceptors (Lipinski definition) is 7. The second kappa shape index (κ2) is 6.67. The van der Waals surface area contributed by atoms with Gasteiger partial charge in [-0.3, -0.25) is 0 Å². The summed E-state index contributed by atoms with van der Waals surface area (Å²) in [7, 11) is 3.04. The van der Waals surface area contributed by atoms with Crippen molar-refractivity contribution in [2.75, 3.05) is 14.2 Å². The largest absolute Gasteiger partial charge is 0.497 e. The van der Waals surface area contributed by atoms with Crippen molar-refractivity contribution in [1.29, 1.82) is 5.26 Å². The highest BCUT2D eigenvalue weighted by atomic mass is 16.5. The first-order valence-electron chi connectivity index (χ1n) is 8.43. The zero-order chi connectivity index (χ0) is 19.8. The van der Waals surface area contributed by atoms with Gasteiger partial charge in [-0.25, -0.2) is 4.79 Å². The second-order valence-corrected chi connectivity index (χ2v) is 6.20. The first-order valence-corrected chi connectivity index (χ1v) is 8.43. The van der Waals surface area contributed by atoms with Crippen molar-refractivity contribution in [3.8, 4) is 23.3 Å². The number of para-hydroxylation sites is 1. The van der Waals surface area contributed by atoms with Crippen molar-refractivity contribution in [1.82, 2.24) is 0 Å². The Morgan fingerprint density at radius 1 is 1.11 bits per heavy atom. The van der Waals surface area contributed by atoms with E-state index >= 15 is 0 Å². The van der Waals surface area contributed by atoms with Crippen LogP contribution in [0.15, 0.2) is 63.1 Å². The van der Waals surface area contributed by atoms with Crippen LogP contribution in [-0.2, 0) is 0 Å². The molecule has 0 saturated carbocycles. The Bertz CT molecular complexity index is 1200. The lowest BCUT2D eigenvalue weighted by atomic mass is 9.83. The monoisotopic (exact) mass is 376 g/mol. The minimum Gasteiger partial charge on any atom is -0.497 e. The van der Waals surface area contributed by atoms with E-state index in [0.29, 0.717) is 28.0 Å². The maximum absolute atomic E-state index is 12.9. The smallest absolute Gasteiger partial charge is 0.344 e. The van der Waals surface area contributed by atoms with Crippen LogP contribution in [0.5, 0.6) is 17.2 Å². The summed E-state index contributed by atoms with van der Waals surface area (Å²) < 4.78 is 21.8. The fourth-order valence-corrected chi connectivity index (χ4v) is 3.40. The van der Waals surface area contributed by atoms with E-state index in [9.17, 15) is 10.1 Å². The second-order valence-electron chi connectivity index (χ2n) is 6.20. The molecule has 0 spiro atoms. The van der Waals surface area contributed by atoms with E-state index in [1.54, 1.807) is 42.5 Å². The van der Waals surface area contributed by atoms with Gasteiger partial charge in [-0.15, -0.1) is 0 Å². The van der Waals surface area contributed by atoms with Crippen LogP contribution in [0.2, 0.25) is 0 Å². The van der Waals surface area contributed by atoms with Crippen molar-refractivity contribution in [3.05, 3.63) is 75.5 Å². The van der Waals surface area contributed by atoms with Crippen LogP contribution in [0, 0.1) is 11.3 Å². The van der Waals surface area contributed by atoms with Crippen molar-refractivity contribution in [2.45, 2.75) is 5.92 Å². The maximum atomic E-state index is 12.9. The van der Waals surface area contributed by atoms with Crippen molar-refractivity contribution in [3.63, 3.8) is 0 Å². The SMILES string of the molecule is COc1cc(OC)cc([C@@H]2C(C#N)=C(N)Oc3c2c(=O)oc2ccccc32)c1. The number of fused-ring (bicyclic) bond motifs is 3. The molecule has 4 rings (SSSR count). The first kappa shape index (κ1) is 17.5. The van der Waals surface area contributed by atoms with Crippen LogP contribution >= 0.6 is 0 Å². The Hall–Kier alpha value is -3.92. The van der Waals surface area contributed by atoms with Gasteiger partial charge < -0.3 is 24.4 Å². The quantitative estimate of drug-likeness (QED) is 0.700. The summed E-state index contributed by atoms with van der Waals surface area (Å²) in [5, 5.41) is 10.3. The molecule has 0 unspecified atom stereocenters. The highest BCUT2D eigenvalue weighted by Gasteiger charge is 2.36. The van der Waals surface area contributed by atoms with Crippen LogP contribution < -0.4 is 25.6 Å². The molecule has 0 amide bonds. The first-order chi connectivity index (χ1) is 13.6. The molecule has 0 saturated heterocycles. The fourth-order valence-electron chi connectivity index (χ4n) is 3.40. The van der Waals surface area contributed by atoms with Gasteiger partial charge in [-0.2, -0.15) is 5.26 Å². The number of hydrogen-bond donors (Lipinski definition) is 1. The summed E-state index contributed by atoms with van der Waals surface area (Å²) in [6, 6.07) is 14.2. The average molecular weight is 376 g/mol. The van der Waals surface area contributed by atoms with Crippen LogP contribution in [0.3, 0.4) is 0 Å². The molecule has 0 radical (unpaired) electrons. The molecule has 1 aliphatic rings. The summed E-state index contributed by atoms with van der Waals surface area (Å²) in [6.45, 7) is 0. The summed E-state index contributed by atoms with van der Waals surface area (Å²) in [5.41, 5.74) is 6.76. The molecule has 1 aliphatic heterocycles. The number of rotatable bonds is 3. The Morgan fingerprint density at radius 3 is 2.43 bits per heavy atom. The molecular formula is C21H16N2O5. The summed E-state index contributed by atoms with van der Waals surface area (Å²) >= 11 is 0. The standard InChI is InChI=1S/C21H16N2O5/c1-25-12-7-11(8-13(9-12)26-2)17-15(10-22)20(23)28-19-14-5-3-4-6-16(14)27-21(24)18(17)19/h3-9,17H,23H2,1-2H3/t17-/m1/s1. The molecule has 0 fully saturated rings. The Labute approximate surface area is 160 Å². The number of methoxy groups -OCH3 is 2. The van der Waals surface area contributed by atoms with E-state index in [0.717, 1.165) is 0 Å². The minimum absolute atomic E-state index is 0.0578. The average Bonchev–Trinajstić information content (AvgIpc) is 2.72. The van der Waals surface area contributed by atoms with Gasteiger partial charge >= 0.3 is 5.63 Å². The van der Waals surface area contributed by atoms with E-state index < -0.39 is 11.5 Å². The maximum Gasteiger partial charge on any atom is 0.344 e. The van der Waals surface area contributed by atoms with Gasteiger partial charge in [0.1, 0.15) is 28.7 Å². The highest BCUT2D eigenvalue weighted by Crippen LogP contribution is 2.44. The molecule has 7 heteroatoms. The molecule has 1 aromatic heterocycles. The topological polar surface area (TPSA) is 108 Å². The zero-order valence-electron chi connectivity index (χ0n) is 15.2. The predicted octanol–water partition coefficient (Wildman–Crippen LogP) is 3.03. The van der Waals surface area contributed by atoms with Crippen molar-refractivity contribution >= 4 is 11.0 Å². The van der Waals surface area contributed by atoms with Crippen LogP contribution in [-0.4, -0.2) is 14.2 Å². The molecule has 3 aromatic rings. The van der Waals surface area contributed by atoms with Gasteiger partial charge in [-0.1, -0.05) is 12.1 Å². The van der Waals surface area contributed by atoms with Gasteiger partial charge in [0, 0.05) is 6.07 Å². The van der Waals surface area contributed by atoms with Crippen LogP contribution in [0.1, 0.15) is 17.0 Å². The third kappa shape index (κ3) is 2.63. The Balaban J connectivity index is 2.07. The van der Waals surface area contributed by atoms with Crippen LogP contribution in [0.4, 0.5) is 0 Å². The molecular weight excluding hydrogens is 360 g/mol. The van der Waals surface area contributed by atoms with Gasteiger partial charge in [0.25, 0.3) is 0 Å².